The van der Waals surface area contributed by atoms with Crippen LogP contribution >= 0.6 is 0 Å². The molecule has 152 valence electrons. The molecule has 0 fully saturated rings. The van der Waals surface area contributed by atoms with E-state index in [1.54, 1.807) is 7.11 Å². The van der Waals surface area contributed by atoms with Gasteiger partial charge in [-0.1, -0.05) is 95.3 Å². The molecule has 3 atom stereocenters. The highest BCUT2D eigenvalue weighted by Gasteiger charge is 2.50. The van der Waals surface area contributed by atoms with Gasteiger partial charge >= 0.3 is 0 Å². The van der Waals surface area contributed by atoms with Crippen LogP contribution in [-0.2, 0) is 14.0 Å². The van der Waals surface area contributed by atoms with Crippen molar-refractivity contribution >= 4 is 25.0 Å². The van der Waals surface area contributed by atoms with E-state index in [0.717, 1.165) is 6.29 Å². The second-order valence-electron chi connectivity index (χ2n) is 8.65. The largest absolute Gasteiger partial charge is 0.407 e. The third-order valence-corrected chi connectivity index (χ3v) is 10.6. The predicted octanol–water partition coefficient (Wildman–Crippen LogP) is 4.05. The smallest absolute Gasteiger partial charge is 0.261 e. The first-order valence-corrected chi connectivity index (χ1v) is 11.9. The fraction of sp³-hybridized carbons (Fsp3) is 0.458. The van der Waals surface area contributed by atoms with Gasteiger partial charge in [-0.2, -0.15) is 0 Å². The van der Waals surface area contributed by atoms with E-state index in [4.69, 9.17) is 9.16 Å². The van der Waals surface area contributed by atoms with E-state index in [1.807, 2.05) is 19.1 Å². The number of hydrogen-bond acceptors (Lipinski definition) is 3. The molecule has 0 aliphatic rings. The van der Waals surface area contributed by atoms with Crippen LogP contribution in [0.1, 0.15) is 34.6 Å². The summed E-state index contributed by atoms with van der Waals surface area (Å²) in [5, 5.41) is 2.46. The van der Waals surface area contributed by atoms with Crippen molar-refractivity contribution in [2.75, 3.05) is 13.7 Å². The number of hydrogen-bond donors (Lipinski definition) is 0. The second-order valence-corrected chi connectivity index (χ2v) is 13.0. The zero-order valence-electron chi connectivity index (χ0n) is 18.0. The summed E-state index contributed by atoms with van der Waals surface area (Å²) in [6.45, 7) is 11.4. The van der Waals surface area contributed by atoms with Gasteiger partial charge in [0.2, 0.25) is 0 Å². The van der Waals surface area contributed by atoms with Crippen LogP contribution in [0.2, 0.25) is 5.04 Å². The van der Waals surface area contributed by atoms with Gasteiger partial charge in [0.05, 0.1) is 6.10 Å². The monoisotopic (exact) mass is 398 g/mol. The molecule has 28 heavy (non-hydrogen) atoms. The zero-order valence-corrected chi connectivity index (χ0v) is 19.0. The molecule has 3 nitrogen and oxygen atoms in total. The van der Waals surface area contributed by atoms with E-state index in [1.165, 1.54) is 10.4 Å². The average molecular weight is 399 g/mol. The Bertz CT molecular complexity index is 685. The molecule has 0 amide bonds. The molecule has 0 radical (unpaired) electrons. The Morgan fingerprint density at radius 2 is 1.39 bits per heavy atom. The van der Waals surface area contributed by atoms with Crippen LogP contribution in [0, 0.1) is 11.8 Å². The Labute approximate surface area is 171 Å². The highest BCUT2D eigenvalue weighted by molar-refractivity contribution is 6.99. The van der Waals surface area contributed by atoms with Crippen LogP contribution < -0.4 is 10.4 Å². The van der Waals surface area contributed by atoms with Gasteiger partial charge in [-0.25, -0.2) is 0 Å². The molecule has 2 aromatic carbocycles. The third-order valence-electron chi connectivity index (χ3n) is 5.55. The van der Waals surface area contributed by atoms with Crippen molar-refractivity contribution in [3.8, 4) is 0 Å². The van der Waals surface area contributed by atoms with Crippen LogP contribution in [0.15, 0.2) is 60.7 Å². The molecule has 2 aromatic rings. The van der Waals surface area contributed by atoms with E-state index in [9.17, 15) is 4.79 Å². The standard InChI is InChI=1S/C24H34O3Si/c1-19(17-25)23(26-6)20(2)18-27-28(24(3,4)5,21-13-9-7-10-14-21)22-15-11-8-12-16-22/h7-17,19-20,23H,18H2,1-6H3/t19-,20+,23-/m0/s1. The number of methoxy groups -OCH3 is 1. The van der Waals surface area contributed by atoms with E-state index in [2.05, 4.69) is 76.2 Å². The van der Waals surface area contributed by atoms with Crippen molar-refractivity contribution in [2.45, 2.75) is 45.8 Å². The molecule has 0 bridgehead atoms. The molecule has 0 saturated carbocycles. The van der Waals surface area contributed by atoms with Crippen LogP contribution in [-0.4, -0.2) is 34.4 Å². The first-order valence-electron chi connectivity index (χ1n) is 10.0. The number of carbonyl (C=O) groups is 1. The van der Waals surface area contributed by atoms with Crippen molar-refractivity contribution in [1.29, 1.82) is 0 Å². The molecule has 0 aliphatic carbocycles. The number of carbonyl (C=O) groups excluding carboxylic acids is 1. The SMILES string of the molecule is CO[C@H]([C@H](C)CO[Si](c1ccccc1)(c1ccccc1)C(C)(C)C)[C@@H](C)C=O. The lowest BCUT2D eigenvalue weighted by atomic mass is 9.95. The second kappa shape index (κ2) is 9.64. The zero-order chi connectivity index (χ0) is 20.8. The Morgan fingerprint density at radius 3 is 1.75 bits per heavy atom. The van der Waals surface area contributed by atoms with Crippen LogP contribution in [0.4, 0.5) is 0 Å². The summed E-state index contributed by atoms with van der Waals surface area (Å²) >= 11 is 0. The topological polar surface area (TPSA) is 35.5 Å². The van der Waals surface area contributed by atoms with Crippen molar-refractivity contribution in [1.82, 2.24) is 0 Å². The lowest BCUT2D eigenvalue weighted by Gasteiger charge is -2.44. The highest BCUT2D eigenvalue weighted by Crippen LogP contribution is 2.37. The molecule has 0 spiro atoms. The van der Waals surface area contributed by atoms with Crippen molar-refractivity contribution in [2.24, 2.45) is 11.8 Å². The fourth-order valence-corrected chi connectivity index (χ4v) is 8.82. The fourth-order valence-electron chi connectivity index (χ4n) is 4.16. The van der Waals surface area contributed by atoms with Crippen molar-refractivity contribution in [3.63, 3.8) is 0 Å². The first-order chi connectivity index (χ1) is 13.3. The maximum absolute atomic E-state index is 11.3. The van der Waals surface area contributed by atoms with Gasteiger partial charge in [-0.05, 0) is 15.4 Å². The van der Waals surface area contributed by atoms with Crippen LogP contribution in [0.25, 0.3) is 0 Å². The number of rotatable bonds is 9. The Morgan fingerprint density at radius 1 is 0.929 bits per heavy atom. The molecule has 0 unspecified atom stereocenters. The van der Waals surface area contributed by atoms with Crippen LogP contribution in [0.3, 0.4) is 0 Å². The predicted molar refractivity (Wildman–Crippen MR) is 119 cm³/mol. The molecule has 4 heteroatoms. The van der Waals surface area contributed by atoms with E-state index < -0.39 is 8.32 Å². The van der Waals surface area contributed by atoms with Crippen molar-refractivity contribution in [3.05, 3.63) is 60.7 Å². The summed E-state index contributed by atoms with van der Waals surface area (Å²) in [6.07, 6.45) is 0.809. The van der Waals surface area contributed by atoms with Gasteiger partial charge in [-0.3, -0.25) is 0 Å². The Kier molecular flexibility index (Phi) is 7.76. The lowest BCUT2D eigenvalue weighted by molar-refractivity contribution is -0.116. The van der Waals surface area contributed by atoms with Gasteiger partial charge in [0.1, 0.15) is 6.29 Å². The number of ether oxygens (including phenoxy) is 1. The molecule has 0 aliphatic heterocycles. The Hall–Kier alpha value is -1.75. The van der Waals surface area contributed by atoms with Gasteiger partial charge in [0.25, 0.3) is 8.32 Å². The molecular formula is C24H34O3Si. The van der Waals surface area contributed by atoms with Gasteiger partial charge < -0.3 is 14.0 Å². The molecule has 0 aromatic heterocycles. The van der Waals surface area contributed by atoms with Crippen LogP contribution in [0.5, 0.6) is 0 Å². The normalized spacial score (nSPS) is 15.6. The summed E-state index contributed by atoms with van der Waals surface area (Å²) in [6, 6.07) is 21.2. The van der Waals surface area contributed by atoms with Crippen molar-refractivity contribution < 1.29 is 14.0 Å². The number of aldehydes is 1. The molecule has 0 saturated heterocycles. The summed E-state index contributed by atoms with van der Waals surface area (Å²) < 4.78 is 12.6. The molecule has 0 heterocycles. The Balaban J connectivity index is 2.49. The van der Waals surface area contributed by atoms with Gasteiger partial charge in [0.15, 0.2) is 0 Å². The van der Waals surface area contributed by atoms with Gasteiger partial charge in [0, 0.05) is 25.6 Å². The average Bonchev–Trinajstić information content (AvgIpc) is 2.69. The maximum Gasteiger partial charge on any atom is 0.261 e. The minimum absolute atomic E-state index is 0.0612. The minimum atomic E-state index is -2.56. The van der Waals surface area contributed by atoms with Gasteiger partial charge in [-0.15, -0.1) is 0 Å². The van der Waals surface area contributed by atoms with E-state index >= 15 is 0 Å². The molecular weight excluding hydrogens is 364 g/mol. The lowest BCUT2D eigenvalue weighted by Crippen LogP contribution is -2.67. The summed E-state index contributed by atoms with van der Waals surface area (Å²) in [5.74, 6) is -0.0606. The third kappa shape index (κ3) is 4.62. The molecule has 2 rings (SSSR count). The minimum Gasteiger partial charge on any atom is -0.407 e. The first kappa shape index (κ1) is 22.5. The number of benzene rings is 2. The quantitative estimate of drug-likeness (QED) is 0.472. The van der Waals surface area contributed by atoms with E-state index in [0.29, 0.717) is 6.61 Å². The molecule has 0 N–H and O–H groups in total. The summed E-state index contributed by atoms with van der Waals surface area (Å²) in [7, 11) is -0.889. The summed E-state index contributed by atoms with van der Waals surface area (Å²) in [4.78, 5) is 11.3. The highest BCUT2D eigenvalue weighted by atomic mass is 28.4. The maximum atomic E-state index is 11.3. The van der Waals surface area contributed by atoms with E-state index in [-0.39, 0.29) is 23.0 Å². The summed E-state index contributed by atoms with van der Waals surface area (Å²) in [5.41, 5.74) is 0.